The second-order valence-electron chi connectivity index (χ2n) is 5.27. The van der Waals surface area contributed by atoms with E-state index in [2.05, 4.69) is 10.5 Å². The summed E-state index contributed by atoms with van der Waals surface area (Å²) in [6, 6.07) is 14.2. The molecule has 0 atom stereocenters. The minimum absolute atomic E-state index is 0.112. The Morgan fingerprint density at radius 3 is 2.12 bits per heavy atom. The second-order valence-corrected chi connectivity index (χ2v) is 5.27. The number of amides is 2. The van der Waals surface area contributed by atoms with Crippen molar-refractivity contribution in [2.45, 2.75) is 20.5 Å². The number of hydrogen-bond donors (Lipinski definition) is 2. The lowest BCUT2D eigenvalue weighted by atomic mass is 10.1. The van der Waals surface area contributed by atoms with Gasteiger partial charge in [0.15, 0.2) is 0 Å². The maximum absolute atomic E-state index is 11.0. The fourth-order valence-electron chi connectivity index (χ4n) is 2.02. The lowest BCUT2D eigenvalue weighted by molar-refractivity contribution is -0.114. The molecule has 2 amide bonds. The van der Waals surface area contributed by atoms with E-state index < -0.39 is 5.91 Å². The number of nitrogens with one attached hydrogen (secondary N) is 1. The van der Waals surface area contributed by atoms with Crippen LogP contribution in [0.25, 0.3) is 0 Å². The third-order valence-electron chi connectivity index (χ3n) is 3.29. The highest BCUT2D eigenvalue weighted by atomic mass is 16.6. The van der Waals surface area contributed by atoms with Gasteiger partial charge in [0.2, 0.25) is 11.8 Å². The van der Waals surface area contributed by atoms with E-state index in [1.165, 1.54) is 6.92 Å². The monoisotopic (exact) mass is 325 g/mol. The first-order valence-corrected chi connectivity index (χ1v) is 7.39. The summed E-state index contributed by atoms with van der Waals surface area (Å²) in [6.45, 7) is 3.59. The van der Waals surface area contributed by atoms with Gasteiger partial charge in [-0.05, 0) is 42.3 Å². The third-order valence-corrected chi connectivity index (χ3v) is 3.29. The van der Waals surface area contributed by atoms with Crippen molar-refractivity contribution in [3.63, 3.8) is 0 Å². The molecule has 0 saturated carbocycles. The topological polar surface area (TPSA) is 93.8 Å². The van der Waals surface area contributed by atoms with Crippen molar-refractivity contribution in [3.05, 3.63) is 65.2 Å². The van der Waals surface area contributed by atoms with E-state index in [0.717, 1.165) is 22.5 Å². The van der Waals surface area contributed by atoms with Crippen molar-refractivity contribution in [1.29, 1.82) is 0 Å². The van der Waals surface area contributed by atoms with E-state index in [1.54, 1.807) is 36.4 Å². The summed E-state index contributed by atoms with van der Waals surface area (Å²) in [5.74, 6) is -0.571. The lowest BCUT2D eigenvalue weighted by Crippen LogP contribution is -2.10. The van der Waals surface area contributed by atoms with Crippen LogP contribution in [0.4, 0.5) is 5.69 Å². The molecule has 0 radical (unpaired) electrons. The second kappa shape index (κ2) is 7.92. The quantitative estimate of drug-likeness (QED) is 0.631. The van der Waals surface area contributed by atoms with Gasteiger partial charge < -0.3 is 15.9 Å². The first-order valence-electron chi connectivity index (χ1n) is 7.39. The fourth-order valence-corrected chi connectivity index (χ4v) is 2.02. The number of anilines is 1. The van der Waals surface area contributed by atoms with Crippen LogP contribution in [-0.2, 0) is 16.2 Å². The van der Waals surface area contributed by atoms with Crippen molar-refractivity contribution >= 4 is 23.2 Å². The van der Waals surface area contributed by atoms with Gasteiger partial charge in [-0.2, -0.15) is 0 Å². The molecule has 0 fully saturated rings. The minimum Gasteiger partial charge on any atom is -0.391 e. The largest absolute Gasteiger partial charge is 0.391 e. The summed E-state index contributed by atoms with van der Waals surface area (Å²) in [7, 11) is 0. The molecular weight excluding hydrogens is 306 g/mol. The van der Waals surface area contributed by atoms with Crippen LogP contribution in [0.3, 0.4) is 0 Å². The molecule has 0 bridgehead atoms. The predicted octanol–water partition coefficient (Wildman–Crippen LogP) is 2.68. The van der Waals surface area contributed by atoms with Gasteiger partial charge in [0.1, 0.15) is 6.61 Å². The summed E-state index contributed by atoms with van der Waals surface area (Å²) < 4.78 is 0. The zero-order chi connectivity index (χ0) is 17.5. The van der Waals surface area contributed by atoms with Crippen molar-refractivity contribution in [2.24, 2.45) is 10.9 Å². The lowest BCUT2D eigenvalue weighted by Gasteiger charge is -2.05. The average Bonchev–Trinajstić information content (AvgIpc) is 2.55. The number of rotatable bonds is 6. The molecule has 0 aliphatic carbocycles. The number of benzene rings is 2. The van der Waals surface area contributed by atoms with Crippen LogP contribution < -0.4 is 11.1 Å². The number of hydrogen-bond acceptors (Lipinski definition) is 4. The standard InChI is InChI=1S/C18H19N3O3/c1-12(15-7-9-17(10-8-15)20-13(2)22)21-24-11-14-3-5-16(6-4-14)18(19)23/h3-10H,11H2,1-2H3,(H2,19,23)(H,20,22). The van der Waals surface area contributed by atoms with Gasteiger partial charge >= 0.3 is 0 Å². The third kappa shape index (κ3) is 4.95. The fraction of sp³-hybridized carbons (Fsp3) is 0.167. The van der Waals surface area contributed by atoms with Crippen molar-refractivity contribution in [1.82, 2.24) is 0 Å². The van der Waals surface area contributed by atoms with Crippen LogP contribution in [0.2, 0.25) is 0 Å². The first kappa shape index (κ1) is 17.2. The van der Waals surface area contributed by atoms with Crippen LogP contribution in [0.15, 0.2) is 53.7 Å². The first-order chi connectivity index (χ1) is 11.5. The highest BCUT2D eigenvalue weighted by molar-refractivity contribution is 5.99. The molecule has 3 N–H and O–H groups in total. The highest BCUT2D eigenvalue weighted by Crippen LogP contribution is 2.11. The maximum atomic E-state index is 11.0. The highest BCUT2D eigenvalue weighted by Gasteiger charge is 2.02. The Balaban J connectivity index is 1.93. The van der Waals surface area contributed by atoms with Gasteiger partial charge in [-0.1, -0.05) is 29.4 Å². The van der Waals surface area contributed by atoms with Gasteiger partial charge in [0.25, 0.3) is 0 Å². The van der Waals surface area contributed by atoms with E-state index >= 15 is 0 Å². The van der Waals surface area contributed by atoms with Crippen molar-refractivity contribution < 1.29 is 14.4 Å². The zero-order valence-electron chi connectivity index (χ0n) is 13.6. The Morgan fingerprint density at radius 1 is 1.00 bits per heavy atom. The van der Waals surface area contributed by atoms with E-state index in [9.17, 15) is 9.59 Å². The molecule has 0 aromatic heterocycles. The smallest absolute Gasteiger partial charge is 0.248 e. The Labute approximate surface area is 140 Å². The van der Waals surface area contributed by atoms with Gasteiger partial charge in [-0.3, -0.25) is 9.59 Å². The molecule has 24 heavy (non-hydrogen) atoms. The molecular formula is C18H19N3O3. The Morgan fingerprint density at radius 2 is 1.58 bits per heavy atom. The van der Waals surface area contributed by atoms with Crippen LogP contribution in [0.1, 0.15) is 35.3 Å². The summed E-state index contributed by atoms with van der Waals surface area (Å²) in [4.78, 5) is 27.3. The van der Waals surface area contributed by atoms with Crippen molar-refractivity contribution in [2.75, 3.05) is 5.32 Å². The molecule has 0 spiro atoms. The number of nitrogens with two attached hydrogens (primary N) is 1. The molecule has 6 heteroatoms. The summed E-state index contributed by atoms with van der Waals surface area (Å²) in [5.41, 5.74) is 8.88. The zero-order valence-corrected chi connectivity index (χ0v) is 13.6. The molecule has 0 heterocycles. The van der Waals surface area contributed by atoms with Crippen LogP contribution in [0, 0.1) is 0 Å². The number of carbonyl (C=O) groups excluding carboxylic acids is 2. The van der Waals surface area contributed by atoms with E-state index in [-0.39, 0.29) is 5.91 Å². The molecule has 0 aliphatic heterocycles. The van der Waals surface area contributed by atoms with Gasteiger partial charge in [0, 0.05) is 18.2 Å². The molecule has 124 valence electrons. The Bertz CT molecular complexity index is 750. The maximum Gasteiger partial charge on any atom is 0.248 e. The normalized spacial score (nSPS) is 11.0. The van der Waals surface area contributed by atoms with Gasteiger partial charge in [-0.15, -0.1) is 0 Å². The number of nitrogens with zero attached hydrogens (tertiary/aromatic N) is 1. The van der Waals surface area contributed by atoms with Gasteiger partial charge in [0.05, 0.1) is 5.71 Å². The molecule has 0 unspecified atom stereocenters. The van der Waals surface area contributed by atoms with E-state index in [1.807, 2.05) is 19.1 Å². The molecule has 2 aromatic rings. The number of primary amides is 1. The number of oxime groups is 1. The SMILES string of the molecule is CC(=O)Nc1ccc(C(C)=NOCc2ccc(C(N)=O)cc2)cc1. The van der Waals surface area contributed by atoms with E-state index in [4.69, 9.17) is 10.6 Å². The summed E-state index contributed by atoms with van der Waals surface area (Å²) in [5, 5.41) is 6.78. The summed E-state index contributed by atoms with van der Waals surface area (Å²) in [6.07, 6.45) is 0. The number of carbonyl (C=O) groups is 2. The minimum atomic E-state index is -0.459. The van der Waals surface area contributed by atoms with Crippen LogP contribution >= 0.6 is 0 Å². The molecule has 0 aliphatic rings. The molecule has 0 saturated heterocycles. The summed E-state index contributed by atoms with van der Waals surface area (Å²) >= 11 is 0. The Hall–Kier alpha value is -3.15. The molecule has 2 aromatic carbocycles. The van der Waals surface area contributed by atoms with Crippen LogP contribution in [-0.4, -0.2) is 17.5 Å². The Kier molecular flexibility index (Phi) is 5.68. The van der Waals surface area contributed by atoms with Gasteiger partial charge in [-0.25, -0.2) is 0 Å². The van der Waals surface area contributed by atoms with Crippen LogP contribution in [0.5, 0.6) is 0 Å². The molecule has 6 nitrogen and oxygen atoms in total. The van der Waals surface area contributed by atoms with E-state index in [0.29, 0.717) is 12.2 Å². The average molecular weight is 325 g/mol. The molecule has 2 rings (SSSR count). The predicted molar refractivity (Wildman–Crippen MR) is 92.7 cm³/mol. The van der Waals surface area contributed by atoms with Crippen molar-refractivity contribution in [3.8, 4) is 0 Å².